The summed E-state index contributed by atoms with van der Waals surface area (Å²) in [5.41, 5.74) is 5.79. The highest BCUT2D eigenvalue weighted by atomic mass is 32.1. The molecule has 4 nitrogen and oxygen atoms in total. The van der Waals surface area contributed by atoms with Gasteiger partial charge in [-0.1, -0.05) is 51.7 Å². The van der Waals surface area contributed by atoms with Crippen LogP contribution < -0.4 is 5.73 Å². The Hall–Kier alpha value is -0.680. The highest BCUT2D eigenvalue weighted by Crippen LogP contribution is 2.12. The normalized spacial score (nSPS) is 17.7. The van der Waals surface area contributed by atoms with Crippen molar-refractivity contribution in [2.75, 3.05) is 26.2 Å². The van der Waals surface area contributed by atoms with Crippen LogP contribution in [0.15, 0.2) is 0 Å². The third kappa shape index (κ3) is 6.30. The summed E-state index contributed by atoms with van der Waals surface area (Å²) in [6.07, 6.45) is 7.64. The molecule has 0 bridgehead atoms. The molecule has 0 aromatic heterocycles. The molecule has 122 valence electrons. The Kier molecular flexibility index (Phi) is 8.85. The third-order valence-electron chi connectivity index (χ3n) is 4.32. The summed E-state index contributed by atoms with van der Waals surface area (Å²) in [7, 11) is 0. The van der Waals surface area contributed by atoms with Gasteiger partial charge in [0.15, 0.2) is 0 Å². The molecule has 0 aliphatic carbocycles. The number of amides is 1. The zero-order valence-corrected chi connectivity index (χ0v) is 14.5. The molecule has 1 fully saturated rings. The molecule has 0 aromatic carbocycles. The summed E-state index contributed by atoms with van der Waals surface area (Å²) < 4.78 is 0. The molecule has 1 unspecified atom stereocenters. The fourth-order valence-electron chi connectivity index (χ4n) is 2.96. The molecule has 0 saturated carbocycles. The number of unbranched alkanes of at least 4 members (excludes halogenated alkanes) is 4. The quantitative estimate of drug-likeness (QED) is 0.525. The molecule has 1 heterocycles. The van der Waals surface area contributed by atoms with E-state index in [1.54, 1.807) is 0 Å². The zero-order valence-electron chi connectivity index (χ0n) is 13.6. The number of piperazine rings is 1. The van der Waals surface area contributed by atoms with Crippen LogP contribution in [0, 0.1) is 0 Å². The smallest absolute Gasteiger partial charge is 0.222 e. The van der Waals surface area contributed by atoms with Crippen LogP contribution in [-0.2, 0) is 4.79 Å². The second-order valence-electron chi connectivity index (χ2n) is 5.91. The average Bonchev–Trinajstić information content (AvgIpc) is 2.48. The summed E-state index contributed by atoms with van der Waals surface area (Å²) in [5, 5.41) is 0. The molecular formula is C16H31N3OS. The van der Waals surface area contributed by atoms with E-state index in [9.17, 15) is 4.79 Å². The summed E-state index contributed by atoms with van der Waals surface area (Å²) in [6.45, 7) is 7.72. The van der Waals surface area contributed by atoms with Crippen LogP contribution in [0.3, 0.4) is 0 Å². The van der Waals surface area contributed by atoms with Gasteiger partial charge >= 0.3 is 0 Å². The summed E-state index contributed by atoms with van der Waals surface area (Å²) >= 11 is 5.13. The van der Waals surface area contributed by atoms with E-state index < -0.39 is 0 Å². The van der Waals surface area contributed by atoms with E-state index >= 15 is 0 Å². The molecule has 0 aromatic rings. The monoisotopic (exact) mass is 313 g/mol. The molecule has 0 radical (unpaired) electrons. The van der Waals surface area contributed by atoms with Crippen LogP contribution in [0.1, 0.15) is 58.8 Å². The van der Waals surface area contributed by atoms with Crippen LogP contribution in [0.4, 0.5) is 0 Å². The molecule has 1 saturated heterocycles. The molecular weight excluding hydrogens is 282 g/mol. The predicted molar refractivity (Wildman–Crippen MR) is 92.4 cm³/mol. The molecule has 1 rings (SSSR count). The van der Waals surface area contributed by atoms with Crippen molar-refractivity contribution in [1.29, 1.82) is 0 Å². The Morgan fingerprint density at radius 3 is 2.24 bits per heavy atom. The molecule has 2 N–H and O–H groups in total. The first-order valence-electron chi connectivity index (χ1n) is 8.41. The minimum atomic E-state index is 0.186. The fourth-order valence-corrected chi connectivity index (χ4v) is 3.28. The molecule has 1 amide bonds. The Morgan fingerprint density at radius 1 is 1.10 bits per heavy atom. The largest absolute Gasteiger partial charge is 0.392 e. The Labute approximate surface area is 135 Å². The van der Waals surface area contributed by atoms with Crippen molar-refractivity contribution < 1.29 is 4.79 Å². The van der Waals surface area contributed by atoms with E-state index in [1.807, 2.05) is 4.90 Å². The van der Waals surface area contributed by atoms with Crippen molar-refractivity contribution in [1.82, 2.24) is 9.80 Å². The number of rotatable bonds is 9. The summed E-state index contributed by atoms with van der Waals surface area (Å²) in [5.74, 6) is 0.314. The Bertz CT molecular complexity index is 327. The van der Waals surface area contributed by atoms with Gasteiger partial charge < -0.3 is 10.6 Å². The first-order valence-corrected chi connectivity index (χ1v) is 8.82. The van der Waals surface area contributed by atoms with Gasteiger partial charge in [-0.25, -0.2) is 0 Å². The minimum absolute atomic E-state index is 0.186. The Morgan fingerprint density at radius 2 is 1.71 bits per heavy atom. The topological polar surface area (TPSA) is 49.6 Å². The van der Waals surface area contributed by atoms with Gasteiger partial charge in [0.05, 0.1) is 11.0 Å². The summed E-state index contributed by atoms with van der Waals surface area (Å²) in [4.78, 5) is 17.1. The van der Waals surface area contributed by atoms with E-state index in [0.29, 0.717) is 17.3 Å². The van der Waals surface area contributed by atoms with Gasteiger partial charge in [-0.3, -0.25) is 9.69 Å². The van der Waals surface area contributed by atoms with Crippen LogP contribution >= 0.6 is 12.2 Å². The SMILES string of the molecule is CCCCCCCC(=O)N1CCN(C(CC)C(N)=S)CC1. The van der Waals surface area contributed by atoms with Crippen LogP contribution in [-0.4, -0.2) is 52.9 Å². The van der Waals surface area contributed by atoms with E-state index in [0.717, 1.165) is 39.0 Å². The van der Waals surface area contributed by atoms with Crippen LogP contribution in [0.5, 0.6) is 0 Å². The fraction of sp³-hybridized carbons (Fsp3) is 0.875. The summed E-state index contributed by atoms with van der Waals surface area (Å²) in [6, 6.07) is 0.186. The standard InChI is InChI=1S/C16H31N3OS/c1-3-5-6-7-8-9-15(20)19-12-10-18(11-13-19)14(4-2)16(17)21/h14H,3-13H2,1-2H3,(H2,17,21). The van der Waals surface area contributed by atoms with Crippen molar-refractivity contribution in [3.8, 4) is 0 Å². The van der Waals surface area contributed by atoms with Crippen molar-refractivity contribution in [2.45, 2.75) is 64.8 Å². The van der Waals surface area contributed by atoms with Gasteiger partial charge in [0, 0.05) is 32.6 Å². The lowest BCUT2D eigenvalue weighted by Gasteiger charge is -2.38. The molecule has 1 atom stereocenters. The number of carbonyl (C=O) groups is 1. The lowest BCUT2D eigenvalue weighted by molar-refractivity contribution is -0.133. The van der Waals surface area contributed by atoms with Crippen molar-refractivity contribution in [3.05, 3.63) is 0 Å². The Balaban J connectivity index is 2.25. The van der Waals surface area contributed by atoms with Gasteiger partial charge in [-0.15, -0.1) is 0 Å². The lowest BCUT2D eigenvalue weighted by Crippen LogP contribution is -2.54. The van der Waals surface area contributed by atoms with Crippen molar-refractivity contribution in [3.63, 3.8) is 0 Å². The highest BCUT2D eigenvalue weighted by molar-refractivity contribution is 7.80. The van der Waals surface area contributed by atoms with E-state index in [-0.39, 0.29) is 6.04 Å². The maximum absolute atomic E-state index is 12.2. The maximum Gasteiger partial charge on any atom is 0.222 e. The van der Waals surface area contributed by atoms with Crippen LogP contribution in [0.25, 0.3) is 0 Å². The third-order valence-corrected chi connectivity index (χ3v) is 4.59. The van der Waals surface area contributed by atoms with Gasteiger partial charge in [-0.05, 0) is 12.8 Å². The second-order valence-corrected chi connectivity index (χ2v) is 6.38. The van der Waals surface area contributed by atoms with E-state index in [4.69, 9.17) is 18.0 Å². The first-order chi connectivity index (χ1) is 10.1. The number of nitrogens with two attached hydrogens (primary N) is 1. The first kappa shape index (κ1) is 18.4. The maximum atomic E-state index is 12.2. The number of hydrogen-bond acceptors (Lipinski definition) is 3. The molecule has 0 spiro atoms. The van der Waals surface area contributed by atoms with Crippen LogP contribution in [0.2, 0.25) is 0 Å². The number of thiocarbonyl (C=S) groups is 1. The van der Waals surface area contributed by atoms with Gasteiger partial charge in [0.2, 0.25) is 5.91 Å². The number of carbonyl (C=O) groups excluding carboxylic acids is 1. The van der Waals surface area contributed by atoms with Crippen molar-refractivity contribution >= 4 is 23.1 Å². The number of nitrogens with zero attached hydrogens (tertiary/aromatic N) is 2. The molecule has 1 aliphatic heterocycles. The van der Waals surface area contributed by atoms with Gasteiger partial charge in [0.25, 0.3) is 0 Å². The molecule has 5 heteroatoms. The van der Waals surface area contributed by atoms with Crippen molar-refractivity contribution in [2.24, 2.45) is 5.73 Å². The second kappa shape index (κ2) is 10.1. The van der Waals surface area contributed by atoms with Gasteiger partial charge in [0.1, 0.15) is 0 Å². The number of hydrogen-bond donors (Lipinski definition) is 1. The van der Waals surface area contributed by atoms with Gasteiger partial charge in [-0.2, -0.15) is 0 Å². The molecule has 21 heavy (non-hydrogen) atoms. The minimum Gasteiger partial charge on any atom is -0.392 e. The van der Waals surface area contributed by atoms with E-state index in [1.165, 1.54) is 25.7 Å². The highest BCUT2D eigenvalue weighted by Gasteiger charge is 2.26. The molecule has 1 aliphatic rings. The average molecular weight is 314 g/mol. The van der Waals surface area contributed by atoms with E-state index in [2.05, 4.69) is 18.7 Å². The predicted octanol–water partition coefficient (Wildman–Crippen LogP) is 2.56. The lowest BCUT2D eigenvalue weighted by atomic mass is 10.1. The zero-order chi connectivity index (χ0) is 15.7.